The molecule has 1 aliphatic heterocycles. The molecule has 0 radical (unpaired) electrons. The summed E-state index contributed by atoms with van der Waals surface area (Å²) in [5.74, 6) is 1.11. The number of likely N-dealkylation sites (tertiary alicyclic amines) is 1. The Bertz CT molecular complexity index is 1150. The number of aromatic nitrogens is 4. The molecule has 0 saturated carbocycles. The van der Waals surface area contributed by atoms with Crippen molar-refractivity contribution in [2.45, 2.75) is 18.8 Å². The highest BCUT2D eigenvalue weighted by Crippen LogP contribution is 2.27. The highest BCUT2D eigenvalue weighted by Gasteiger charge is 2.28. The Morgan fingerprint density at radius 1 is 1.14 bits per heavy atom. The summed E-state index contributed by atoms with van der Waals surface area (Å²) in [6.45, 7) is 1.38. The van der Waals surface area contributed by atoms with Crippen LogP contribution < -0.4 is 0 Å². The van der Waals surface area contributed by atoms with Crippen molar-refractivity contribution in [3.8, 4) is 5.69 Å². The first-order valence-corrected chi connectivity index (χ1v) is 10.1. The van der Waals surface area contributed by atoms with Gasteiger partial charge in [-0.3, -0.25) is 4.79 Å². The van der Waals surface area contributed by atoms with Gasteiger partial charge in [-0.15, -0.1) is 0 Å². The van der Waals surface area contributed by atoms with E-state index in [0.29, 0.717) is 17.3 Å². The Morgan fingerprint density at radius 3 is 2.90 bits per heavy atom. The number of fused-ring (bicyclic) bond motifs is 1. The van der Waals surface area contributed by atoms with E-state index < -0.39 is 0 Å². The number of benzene rings is 2. The van der Waals surface area contributed by atoms with Gasteiger partial charge in [-0.05, 0) is 49.2 Å². The zero-order valence-corrected chi connectivity index (χ0v) is 16.5. The van der Waals surface area contributed by atoms with E-state index in [9.17, 15) is 4.79 Å². The van der Waals surface area contributed by atoms with Crippen LogP contribution >= 0.6 is 11.6 Å². The fraction of sp³-hybridized carbons (Fsp3) is 0.227. The molecule has 0 spiro atoms. The number of nitrogens with zero attached hydrogens (tertiary/aromatic N) is 4. The summed E-state index contributed by atoms with van der Waals surface area (Å²) in [5, 5.41) is 5.11. The minimum atomic E-state index is -0.0495. The highest BCUT2D eigenvalue weighted by atomic mass is 35.5. The van der Waals surface area contributed by atoms with E-state index in [0.717, 1.165) is 41.9 Å². The summed E-state index contributed by atoms with van der Waals surface area (Å²) in [7, 11) is 0. The SMILES string of the molecule is O=C(c1ccn(-c2cccc(Cl)c2)n1)N1CCCC(c2nc3ccccc3[nH]2)C1. The van der Waals surface area contributed by atoms with Crippen LogP contribution in [-0.4, -0.2) is 43.6 Å². The van der Waals surface area contributed by atoms with Gasteiger partial charge in [0.25, 0.3) is 5.91 Å². The van der Waals surface area contributed by atoms with Crippen molar-refractivity contribution in [1.29, 1.82) is 0 Å². The molecule has 5 rings (SSSR count). The van der Waals surface area contributed by atoms with Gasteiger partial charge in [-0.2, -0.15) is 5.10 Å². The van der Waals surface area contributed by atoms with Crippen molar-refractivity contribution < 1.29 is 4.79 Å². The third-order valence-corrected chi connectivity index (χ3v) is 5.62. The number of halogens is 1. The predicted molar refractivity (Wildman–Crippen MR) is 113 cm³/mol. The van der Waals surface area contributed by atoms with E-state index in [2.05, 4.69) is 10.1 Å². The Labute approximate surface area is 173 Å². The van der Waals surface area contributed by atoms with E-state index in [1.165, 1.54) is 0 Å². The summed E-state index contributed by atoms with van der Waals surface area (Å²) in [4.78, 5) is 23.1. The predicted octanol–water partition coefficient (Wildman–Crippen LogP) is 4.42. The van der Waals surface area contributed by atoms with Gasteiger partial charge in [0.1, 0.15) is 5.82 Å². The summed E-state index contributed by atoms with van der Waals surface area (Å²) >= 11 is 6.06. The van der Waals surface area contributed by atoms with Crippen LogP contribution in [0.3, 0.4) is 0 Å². The molecule has 1 aliphatic rings. The summed E-state index contributed by atoms with van der Waals surface area (Å²) in [6, 6.07) is 17.2. The van der Waals surface area contributed by atoms with E-state index in [1.807, 2.05) is 53.4 Å². The number of aromatic amines is 1. The lowest BCUT2D eigenvalue weighted by Gasteiger charge is -2.31. The third kappa shape index (κ3) is 3.51. The zero-order valence-electron chi connectivity index (χ0n) is 15.8. The fourth-order valence-electron chi connectivity index (χ4n) is 3.91. The summed E-state index contributed by atoms with van der Waals surface area (Å²) in [5.41, 5.74) is 3.27. The lowest BCUT2D eigenvalue weighted by atomic mass is 9.97. The minimum Gasteiger partial charge on any atom is -0.342 e. The van der Waals surface area contributed by atoms with Crippen LogP contribution in [0.15, 0.2) is 60.8 Å². The number of para-hydroxylation sites is 2. The van der Waals surface area contributed by atoms with Crippen molar-refractivity contribution in [2.75, 3.05) is 13.1 Å². The molecule has 1 saturated heterocycles. The van der Waals surface area contributed by atoms with Gasteiger partial charge in [0.15, 0.2) is 5.69 Å². The molecular weight excluding hydrogens is 386 g/mol. The highest BCUT2D eigenvalue weighted by molar-refractivity contribution is 6.30. The lowest BCUT2D eigenvalue weighted by Crippen LogP contribution is -2.39. The van der Waals surface area contributed by atoms with Crippen LogP contribution in [0.4, 0.5) is 0 Å². The second-order valence-electron chi connectivity index (χ2n) is 7.35. The molecule has 1 atom stereocenters. The van der Waals surface area contributed by atoms with Gasteiger partial charge < -0.3 is 9.88 Å². The molecule has 0 bridgehead atoms. The molecule has 1 unspecified atom stereocenters. The van der Waals surface area contributed by atoms with Gasteiger partial charge in [0, 0.05) is 30.2 Å². The molecule has 0 aliphatic carbocycles. The van der Waals surface area contributed by atoms with Crippen molar-refractivity contribution in [3.05, 3.63) is 77.3 Å². The second kappa shape index (κ2) is 7.37. The quantitative estimate of drug-likeness (QED) is 0.548. The zero-order chi connectivity index (χ0) is 19.8. The van der Waals surface area contributed by atoms with E-state index >= 15 is 0 Å². The average molecular weight is 406 g/mol. The number of nitrogens with one attached hydrogen (secondary N) is 1. The maximum atomic E-state index is 13.1. The monoisotopic (exact) mass is 405 g/mol. The van der Waals surface area contributed by atoms with Gasteiger partial charge in [-0.1, -0.05) is 29.8 Å². The third-order valence-electron chi connectivity index (χ3n) is 5.38. The van der Waals surface area contributed by atoms with Crippen LogP contribution in [0.25, 0.3) is 16.7 Å². The largest absolute Gasteiger partial charge is 0.342 e. The Hall–Kier alpha value is -3.12. The molecule has 6 nitrogen and oxygen atoms in total. The van der Waals surface area contributed by atoms with Crippen LogP contribution in [0, 0.1) is 0 Å². The van der Waals surface area contributed by atoms with Crippen LogP contribution in [0.2, 0.25) is 5.02 Å². The van der Waals surface area contributed by atoms with Gasteiger partial charge in [-0.25, -0.2) is 9.67 Å². The first-order valence-electron chi connectivity index (χ1n) is 9.73. The summed E-state index contributed by atoms with van der Waals surface area (Å²) < 4.78 is 1.68. The molecule has 3 heterocycles. The van der Waals surface area contributed by atoms with Crippen LogP contribution in [-0.2, 0) is 0 Å². The molecule has 7 heteroatoms. The van der Waals surface area contributed by atoms with Crippen molar-refractivity contribution in [2.24, 2.45) is 0 Å². The Kier molecular flexibility index (Phi) is 4.56. The van der Waals surface area contributed by atoms with Gasteiger partial charge in [0.05, 0.1) is 16.7 Å². The number of carbonyl (C=O) groups excluding carboxylic acids is 1. The number of hydrogen-bond acceptors (Lipinski definition) is 3. The van der Waals surface area contributed by atoms with Crippen molar-refractivity contribution in [1.82, 2.24) is 24.6 Å². The van der Waals surface area contributed by atoms with E-state index in [1.54, 1.807) is 16.9 Å². The number of carbonyl (C=O) groups is 1. The maximum absolute atomic E-state index is 13.1. The van der Waals surface area contributed by atoms with Crippen LogP contribution in [0.5, 0.6) is 0 Å². The van der Waals surface area contributed by atoms with E-state index in [4.69, 9.17) is 16.6 Å². The molecule has 2 aromatic heterocycles. The number of rotatable bonds is 3. The molecule has 2 aromatic carbocycles. The maximum Gasteiger partial charge on any atom is 0.274 e. The summed E-state index contributed by atoms with van der Waals surface area (Å²) in [6.07, 6.45) is 3.75. The topological polar surface area (TPSA) is 66.8 Å². The molecule has 1 amide bonds. The van der Waals surface area contributed by atoms with Crippen LogP contribution in [0.1, 0.15) is 35.1 Å². The van der Waals surface area contributed by atoms with Crippen molar-refractivity contribution >= 4 is 28.5 Å². The van der Waals surface area contributed by atoms with Gasteiger partial charge in [0.2, 0.25) is 0 Å². The molecular formula is C22H20ClN5O. The van der Waals surface area contributed by atoms with Gasteiger partial charge >= 0.3 is 0 Å². The fourth-order valence-corrected chi connectivity index (χ4v) is 4.10. The lowest BCUT2D eigenvalue weighted by molar-refractivity contribution is 0.0698. The number of H-pyrrole nitrogens is 1. The molecule has 1 fully saturated rings. The molecule has 4 aromatic rings. The normalized spacial score (nSPS) is 17.0. The van der Waals surface area contributed by atoms with Crippen molar-refractivity contribution in [3.63, 3.8) is 0 Å². The number of imidazole rings is 1. The Balaban J connectivity index is 1.35. The standard InChI is InChI=1S/C22H20ClN5O/c23-16-6-3-7-17(13-16)28-12-10-20(26-28)22(29)27-11-4-5-15(14-27)21-24-18-8-1-2-9-19(18)25-21/h1-3,6-10,12-13,15H,4-5,11,14H2,(H,24,25). The molecule has 146 valence electrons. The van der Waals surface area contributed by atoms with E-state index in [-0.39, 0.29) is 11.8 Å². The molecule has 1 N–H and O–H groups in total. The second-order valence-corrected chi connectivity index (χ2v) is 7.79. The first-order chi connectivity index (χ1) is 14.2. The number of hydrogen-bond donors (Lipinski definition) is 1. The minimum absolute atomic E-state index is 0.0495. The number of piperidine rings is 1. The first kappa shape index (κ1) is 17.9. The Morgan fingerprint density at radius 2 is 2.03 bits per heavy atom. The molecule has 29 heavy (non-hydrogen) atoms. The average Bonchev–Trinajstić information content (AvgIpc) is 3.41. The number of amides is 1. The smallest absolute Gasteiger partial charge is 0.274 e.